The molecule has 0 atom stereocenters. The second-order valence-electron chi connectivity index (χ2n) is 5.65. The molecule has 0 aromatic heterocycles. The first-order valence-corrected chi connectivity index (χ1v) is 8.25. The molecule has 6 nitrogen and oxygen atoms in total. The van der Waals surface area contributed by atoms with Crippen molar-refractivity contribution in [3.05, 3.63) is 58.7 Å². The second kappa shape index (κ2) is 10.9. The highest BCUT2D eigenvalue weighted by atomic mass is 19.2. The van der Waals surface area contributed by atoms with E-state index in [-0.39, 0.29) is 12.1 Å². The molecule has 0 fully saturated rings. The Kier molecular flexibility index (Phi) is 8.48. The van der Waals surface area contributed by atoms with Gasteiger partial charge in [0.05, 0.1) is 13.2 Å². The van der Waals surface area contributed by atoms with E-state index >= 15 is 0 Å². The van der Waals surface area contributed by atoms with Gasteiger partial charge in [0.2, 0.25) is 34.8 Å². The monoisotopic (exact) mass is 474 g/mol. The zero-order chi connectivity index (χ0) is 24.0. The number of esters is 2. The zero-order valence-electron chi connectivity index (χ0n) is 15.5. The lowest BCUT2D eigenvalue weighted by Crippen LogP contribution is -2.21. The van der Waals surface area contributed by atoms with Gasteiger partial charge in [0, 0.05) is 12.1 Å². The van der Waals surface area contributed by atoms with Crippen LogP contribution in [0.1, 0.15) is 0 Å². The molecule has 0 radical (unpaired) electrons. The molecule has 2 aromatic rings. The summed E-state index contributed by atoms with van der Waals surface area (Å²) >= 11 is 0. The Morgan fingerprint density at radius 1 is 0.562 bits per heavy atom. The highest BCUT2D eigenvalue weighted by Gasteiger charge is 2.24. The van der Waals surface area contributed by atoms with Gasteiger partial charge in [-0.25, -0.2) is 27.2 Å². The Morgan fingerprint density at radius 3 is 1.12 bits per heavy atom. The van der Waals surface area contributed by atoms with Crippen molar-refractivity contribution in [1.82, 2.24) is 0 Å². The van der Waals surface area contributed by atoms with Gasteiger partial charge >= 0.3 is 11.9 Å². The van der Waals surface area contributed by atoms with Gasteiger partial charge in [-0.15, -0.1) is 0 Å². The zero-order valence-corrected chi connectivity index (χ0v) is 15.5. The van der Waals surface area contributed by atoms with E-state index in [1.54, 1.807) is 0 Å². The number of halogens is 8. The van der Waals surface area contributed by atoms with Crippen molar-refractivity contribution in [2.75, 3.05) is 26.4 Å². The summed E-state index contributed by atoms with van der Waals surface area (Å²) in [7, 11) is 0. The minimum absolute atomic E-state index is 0.0889. The third-order valence-corrected chi connectivity index (χ3v) is 3.39. The van der Waals surface area contributed by atoms with Gasteiger partial charge in [-0.05, 0) is 0 Å². The summed E-state index contributed by atoms with van der Waals surface area (Å²) in [5.41, 5.74) is 0. The molecule has 0 spiro atoms. The first-order chi connectivity index (χ1) is 15.0. The molecule has 32 heavy (non-hydrogen) atoms. The van der Waals surface area contributed by atoms with Crippen LogP contribution in [0.5, 0.6) is 11.5 Å². The van der Waals surface area contributed by atoms with E-state index < -0.39 is 96.4 Å². The van der Waals surface area contributed by atoms with Crippen molar-refractivity contribution < 1.29 is 63.7 Å². The Balaban J connectivity index is 1.73. The van der Waals surface area contributed by atoms with E-state index in [2.05, 4.69) is 18.9 Å². The molecule has 174 valence electrons. The highest BCUT2D eigenvalue weighted by molar-refractivity contribution is 5.74. The van der Waals surface area contributed by atoms with E-state index in [9.17, 15) is 44.7 Å². The molecule has 0 unspecified atom stereocenters. The molecular formula is C18H10F8O6. The average molecular weight is 474 g/mol. The Labute approximate surface area is 173 Å². The number of rotatable bonds is 9. The van der Waals surface area contributed by atoms with Crippen LogP contribution in [-0.2, 0) is 19.1 Å². The van der Waals surface area contributed by atoms with E-state index in [4.69, 9.17) is 0 Å². The fourth-order valence-corrected chi connectivity index (χ4v) is 2.00. The average Bonchev–Trinajstić information content (AvgIpc) is 2.74. The summed E-state index contributed by atoms with van der Waals surface area (Å²) in [6.07, 6.45) is 0. The normalized spacial score (nSPS) is 10.9. The maximum Gasteiger partial charge on any atom is 0.337 e. The Bertz CT molecular complexity index is 896. The van der Waals surface area contributed by atoms with Crippen LogP contribution in [0.2, 0.25) is 0 Å². The predicted molar refractivity (Wildman–Crippen MR) is 85.5 cm³/mol. The van der Waals surface area contributed by atoms with Crippen LogP contribution in [0.15, 0.2) is 12.1 Å². The quantitative estimate of drug-likeness (QED) is 0.183. The van der Waals surface area contributed by atoms with Crippen molar-refractivity contribution in [3.63, 3.8) is 0 Å². The lowest BCUT2D eigenvalue weighted by atomic mass is 10.3. The van der Waals surface area contributed by atoms with Crippen LogP contribution >= 0.6 is 0 Å². The lowest BCUT2D eigenvalue weighted by molar-refractivity contribution is -0.143. The van der Waals surface area contributed by atoms with Gasteiger partial charge in [-0.1, -0.05) is 0 Å². The fraction of sp³-hybridized carbons (Fsp3) is 0.222. The maximum atomic E-state index is 13.4. The highest BCUT2D eigenvalue weighted by Crippen LogP contribution is 2.27. The maximum absolute atomic E-state index is 13.4. The van der Waals surface area contributed by atoms with Crippen molar-refractivity contribution in [1.29, 1.82) is 0 Å². The summed E-state index contributed by atoms with van der Waals surface area (Å²) in [4.78, 5) is 22.9. The molecule has 0 saturated carbocycles. The fourth-order valence-electron chi connectivity index (χ4n) is 2.00. The standard InChI is InChI=1S/C18H10F8O6/c19-7-3-8(20)14(24)17(13(7)23)31-11(27)5-29-1-2-30-6-12(28)32-18-15(25)9(21)4-10(22)16(18)26/h3-4H,1-2,5-6H2. The third kappa shape index (κ3) is 6.13. The minimum atomic E-state index is -1.94. The summed E-state index contributed by atoms with van der Waals surface area (Å²) in [6.45, 7) is -2.79. The van der Waals surface area contributed by atoms with Gasteiger partial charge < -0.3 is 18.9 Å². The first kappa shape index (κ1) is 25.0. The molecule has 0 amide bonds. The SMILES string of the molecule is O=C(COCCOCC(=O)Oc1c(F)c(F)cc(F)c1F)Oc1c(F)c(F)cc(F)c1F. The topological polar surface area (TPSA) is 71.1 Å². The van der Waals surface area contributed by atoms with Gasteiger partial charge in [-0.2, -0.15) is 17.6 Å². The van der Waals surface area contributed by atoms with Gasteiger partial charge in [-0.3, -0.25) is 0 Å². The molecule has 14 heteroatoms. The molecule has 0 aliphatic carbocycles. The van der Waals surface area contributed by atoms with Crippen LogP contribution in [0, 0.1) is 46.5 Å². The second-order valence-corrected chi connectivity index (χ2v) is 5.65. The Morgan fingerprint density at radius 2 is 0.844 bits per heavy atom. The molecule has 0 aliphatic heterocycles. The van der Waals surface area contributed by atoms with E-state index in [1.165, 1.54) is 0 Å². The third-order valence-electron chi connectivity index (χ3n) is 3.39. The van der Waals surface area contributed by atoms with Crippen molar-refractivity contribution >= 4 is 11.9 Å². The van der Waals surface area contributed by atoms with Crippen LogP contribution < -0.4 is 9.47 Å². The van der Waals surface area contributed by atoms with Crippen molar-refractivity contribution in [2.45, 2.75) is 0 Å². The van der Waals surface area contributed by atoms with Crippen LogP contribution in [-0.4, -0.2) is 38.4 Å². The molecule has 2 aromatic carbocycles. The molecule has 0 heterocycles. The van der Waals surface area contributed by atoms with Crippen LogP contribution in [0.25, 0.3) is 0 Å². The van der Waals surface area contributed by atoms with E-state index in [0.717, 1.165) is 0 Å². The van der Waals surface area contributed by atoms with Gasteiger partial charge in [0.25, 0.3) is 0 Å². The largest absolute Gasteiger partial charge is 0.418 e. The number of hydrogen-bond donors (Lipinski definition) is 0. The lowest BCUT2D eigenvalue weighted by Gasteiger charge is -2.09. The molecule has 0 aliphatic rings. The van der Waals surface area contributed by atoms with Crippen molar-refractivity contribution in [3.8, 4) is 11.5 Å². The number of benzene rings is 2. The minimum Gasteiger partial charge on any atom is -0.418 e. The molecule has 0 bridgehead atoms. The molecule has 0 saturated heterocycles. The van der Waals surface area contributed by atoms with Crippen LogP contribution in [0.4, 0.5) is 35.1 Å². The van der Waals surface area contributed by atoms with Gasteiger partial charge in [0.15, 0.2) is 23.3 Å². The Hall–Kier alpha value is -3.26. The first-order valence-electron chi connectivity index (χ1n) is 8.25. The summed E-state index contributed by atoms with van der Waals surface area (Å²) in [6, 6.07) is -0.178. The summed E-state index contributed by atoms with van der Waals surface area (Å²) in [5.74, 6) is -21.0. The molecule has 0 N–H and O–H groups in total. The van der Waals surface area contributed by atoms with E-state index in [1.807, 2.05) is 0 Å². The number of carbonyl (C=O) groups excluding carboxylic acids is 2. The summed E-state index contributed by atoms with van der Waals surface area (Å²) in [5, 5.41) is 0. The summed E-state index contributed by atoms with van der Waals surface area (Å²) < 4.78 is 123. The molecular weight excluding hydrogens is 464 g/mol. The number of hydrogen-bond acceptors (Lipinski definition) is 6. The van der Waals surface area contributed by atoms with Crippen molar-refractivity contribution in [2.24, 2.45) is 0 Å². The van der Waals surface area contributed by atoms with E-state index in [0.29, 0.717) is 0 Å². The number of carbonyl (C=O) groups is 2. The smallest absolute Gasteiger partial charge is 0.337 e. The van der Waals surface area contributed by atoms with Gasteiger partial charge in [0.1, 0.15) is 13.2 Å². The predicted octanol–water partition coefficient (Wildman–Crippen LogP) is 3.34. The van der Waals surface area contributed by atoms with Crippen LogP contribution in [0.3, 0.4) is 0 Å². The number of ether oxygens (including phenoxy) is 4. The molecule has 2 rings (SSSR count).